The summed E-state index contributed by atoms with van der Waals surface area (Å²) in [5.41, 5.74) is 1.15. The Bertz CT molecular complexity index is 543. The molecule has 0 radical (unpaired) electrons. The molecule has 1 aromatic heterocycles. The van der Waals surface area contributed by atoms with E-state index in [1.54, 1.807) is 0 Å². The zero-order chi connectivity index (χ0) is 14.2. The average Bonchev–Trinajstić information content (AvgIpc) is 2.89. The molecule has 1 saturated carbocycles. The summed E-state index contributed by atoms with van der Waals surface area (Å²) in [7, 11) is -0.230. The van der Waals surface area contributed by atoms with Crippen molar-refractivity contribution in [2.45, 2.75) is 63.8 Å². The third-order valence-electron chi connectivity index (χ3n) is 5.28. The molecule has 1 aromatic rings. The van der Waals surface area contributed by atoms with Crippen LogP contribution in [0.3, 0.4) is 0 Å². The fourth-order valence-corrected chi connectivity index (χ4v) is 4.38. The maximum atomic E-state index is 6.16. The average molecular weight is 292 g/mol. The van der Waals surface area contributed by atoms with Gasteiger partial charge in [0, 0.05) is 15.1 Å². The van der Waals surface area contributed by atoms with Crippen LogP contribution in [-0.4, -0.2) is 24.9 Å². The van der Waals surface area contributed by atoms with E-state index in [1.165, 1.54) is 28.1 Å². The minimum atomic E-state index is -0.268. The van der Waals surface area contributed by atoms with E-state index in [4.69, 9.17) is 14.0 Å². The molecule has 3 aliphatic rings. The van der Waals surface area contributed by atoms with Gasteiger partial charge in [-0.2, -0.15) is 0 Å². The van der Waals surface area contributed by atoms with E-state index < -0.39 is 0 Å². The minimum absolute atomic E-state index is 0.230. The maximum absolute atomic E-state index is 6.16. The van der Waals surface area contributed by atoms with Gasteiger partial charge in [-0.3, -0.25) is 0 Å². The van der Waals surface area contributed by atoms with Crippen molar-refractivity contribution in [1.29, 1.82) is 0 Å². The van der Waals surface area contributed by atoms with Gasteiger partial charge in [0.25, 0.3) is 0 Å². The molecule has 0 atom stereocenters. The van der Waals surface area contributed by atoms with Crippen LogP contribution in [0.2, 0.25) is 0 Å². The molecule has 1 saturated heterocycles. The fraction of sp³-hybridized carbons (Fsp3) is 0.733. The normalized spacial score (nSPS) is 28.7. The van der Waals surface area contributed by atoms with Gasteiger partial charge >= 0.3 is 7.12 Å². The van der Waals surface area contributed by atoms with Crippen LogP contribution in [0.5, 0.6) is 0 Å². The van der Waals surface area contributed by atoms with Gasteiger partial charge < -0.3 is 14.0 Å². The van der Waals surface area contributed by atoms with Crippen LogP contribution in [0.15, 0.2) is 6.07 Å². The smallest absolute Gasteiger partial charge is 0.399 e. The molecule has 4 rings (SSSR count). The van der Waals surface area contributed by atoms with Crippen LogP contribution in [-0.2, 0) is 26.1 Å². The van der Waals surface area contributed by atoms with Crippen molar-refractivity contribution in [3.05, 3.63) is 16.5 Å². The first-order valence-corrected chi connectivity index (χ1v) is 8.21. The van der Waals surface area contributed by atoms with Gasteiger partial charge in [-0.25, -0.2) is 0 Å². The summed E-state index contributed by atoms with van der Waals surface area (Å²) in [6, 6.07) is 2.24. The summed E-state index contributed by atoms with van der Waals surface area (Å²) in [5.74, 6) is 0. The predicted molar refractivity (Wildman–Crippen MR) is 80.6 cm³/mol. The maximum Gasteiger partial charge on any atom is 0.505 e. The number of rotatable bonds is 1. The molecule has 108 valence electrons. The highest BCUT2D eigenvalue weighted by atomic mass is 32.1. The Morgan fingerprint density at radius 3 is 2.35 bits per heavy atom. The largest absolute Gasteiger partial charge is 0.505 e. The molecular formula is C15H21BO3S. The van der Waals surface area contributed by atoms with Crippen molar-refractivity contribution >= 4 is 23.2 Å². The molecular weight excluding hydrogens is 271 g/mol. The summed E-state index contributed by atoms with van der Waals surface area (Å²) in [6.07, 6.45) is 2.53. The number of fused-ring (bicyclic) bond motifs is 2. The van der Waals surface area contributed by atoms with E-state index in [1.807, 2.05) is 11.3 Å². The summed E-state index contributed by atoms with van der Waals surface area (Å²) in [4.78, 5) is 1.52. The van der Waals surface area contributed by atoms with E-state index in [9.17, 15) is 0 Å². The Hall–Kier alpha value is -0.355. The van der Waals surface area contributed by atoms with Crippen molar-refractivity contribution in [2.75, 3.05) is 6.61 Å². The topological polar surface area (TPSA) is 27.7 Å². The zero-order valence-electron chi connectivity index (χ0n) is 12.6. The van der Waals surface area contributed by atoms with Crippen LogP contribution in [0.1, 0.15) is 51.0 Å². The first kappa shape index (κ1) is 13.3. The lowest BCUT2D eigenvalue weighted by Crippen LogP contribution is -2.41. The molecule has 5 heteroatoms. The van der Waals surface area contributed by atoms with Gasteiger partial charge in [0.1, 0.15) is 0 Å². The van der Waals surface area contributed by atoms with Crippen molar-refractivity contribution < 1.29 is 14.0 Å². The van der Waals surface area contributed by atoms with Crippen LogP contribution in [0, 0.1) is 0 Å². The van der Waals surface area contributed by atoms with E-state index in [2.05, 4.69) is 33.8 Å². The highest BCUT2D eigenvalue weighted by molar-refractivity contribution is 7.22. The van der Waals surface area contributed by atoms with E-state index >= 15 is 0 Å². The highest BCUT2D eigenvalue weighted by Crippen LogP contribution is 2.53. The first-order chi connectivity index (χ1) is 9.33. The first-order valence-electron chi connectivity index (χ1n) is 7.40. The van der Waals surface area contributed by atoms with Crippen LogP contribution in [0.25, 0.3) is 0 Å². The third kappa shape index (κ3) is 1.76. The molecule has 3 nitrogen and oxygen atoms in total. The van der Waals surface area contributed by atoms with Crippen molar-refractivity contribution in [3.8, 4) is 0 Å². The molecule has 0 aromatic carbocycles. The Morgan fingerprint density at radius 1 is 1.10 bits per heavy atom. The third-order valence-corrected chi connectivity index (χ3v) is 6.73. The lowest BCUT2D eigenvalue weighted by atomic mass is 9.87. The van der Waals surface area contributed by atoms with Crippen LogP contribution >= 0.6 is 11.3 Å². The van der Waals surface area contributed by atoms with Gasteiger partial charge in [-0.05, 0) is 52.2 Å². The lowest BCUT2D eigenvalue weighted by Gasteiger charge is -2.32. The highest BCUT2D eigenvalue weighted by Gasteiger charge is 2.54. The Labute approximate surface area is 124 Å². The Balaban J connectivity index is 1.67. The number of hydrogen-bond donors (Lipinski definition) is 0. The molecule has 0 bridgehead atoms. The monoisotopic (exact) mass is 292 g/mol. The fourth-order valence-electron chi connectivity index (χ4n) is 3.03. The summed E-state index contributed by atoms with van der Waals surface area (Å²) < 4.78 is 19.3. The van der Waals surface area contributed by atoms with Crippen LogP contribution < -0.4 is 4.78 Å². The number of thiophene rings is 1. The van der Waals surface area contributed by atoms with Gasteiger partial charge in [0.05, 0.1) is 24.4 Å². The second-order valence-corrected chi connectivity index (χ2v) is 8.45. The second-order valence-electron chi connectivity index (χ2n) is 7.36. The minimum Gasteiger partial charge on any atom is -0.399 e. The second kappa shape index (κ2) is 3.89. The molecule has 3 heterocycles. The van der Waals surface area contributed by atoms with Gasteiger partial charge in [0.15, 0.2) is 0 Å². The Kier molecular flexibility index (Phi) is 2.59. The zero-order valence-corrected chi connectivity index (χ0v) is 13.4. The van der Waals surface area contributed by atoms with Crippen molar-refractivity contribution in [1.82, 2.24) is 0 Å². The lowest BCUT2D eigenvalue weighted by molar-refractivity contribution is 0.00578. The number of hydrogen-bond acceptors (Lipinski definition) is 4. The Morgan fingerprint density at radius 2 is 1.75 bits per heavy atom. The quantitative estimate of drug-likeness (QED) is 0.745. The molecule has 20 heavy (non-hydrogen) atoms. The molecule has 0 unspecified atom stereocenters. The van der Waals surface area contributed by atoms with Gasteiger partial charge in [-0.1, -0.05) is 0 Å². The molecule has 1 spiro atoms. The molecule has 0 N–H and O–H groups in total. The predicted octanol–water partition coefficient (Wildman–Crippen LogP) is 2.61. The van der Waals surface area contributed by atoms with Gasteiger partial charge in [0.2, 0.25) is 0 Å². The van der Waals surface area contributed by atoms with Gasteiger partial charge in [-0.15, -0.1) is 11.3 Å². The molecule has 2 fully saturated rings. The van der Waals surface area contributed by atoms with Crippen molar-refractivity contribution in [2.24, 2.45) is 0 Å². The number of ether oxygens (including phenoxy) is 1. The van der Waals surface area contributed by atoms with E-state index in [-0.39, 0.29) is 18.3 Å². The van der Waals surface area contributed by atoms with Crippen molar-refractivity contribution in [3.63, 3.8) is 0 Å². The molecule has 0 amide bonds. The van der Waals surface area contributed by atoms with E-state index in [0.717, 1.165) is 13.2 Å². The standard InChI is InChI=1S/C15H21BO3S/c1-13(2)14(3,4)19-16(18-13)11-7-10-8-17-9-15(5-6-15)12(10)20-11/h7H,5-6,8-9H2,1-4H3. The summed E-state index contributed by atoms with van der Waals surface area (Å²) in [6.45, 7) is 10.0. The molecule has 2 aliphatic heterocycles. The summed E-state index contributed by atoms with van der Waals surface area (Å²) in [5, 5.41) is 0. The SMILES string of the molecule is CC1(C)OB(c2cc3c(s2)C2(CC2)COC3)OC1(C)C. The van der Waals surface area contributed by atoms with Crippen LogP contribution in [0.4, 0.5) is 0 Å². The summed E-state index contributed by atoms with van der Waals surface area (Å²) >= 11 is 1.87. The van der Waals surface area contributed by atoms with E-state index in [0.29, 0.717) is 5.41 Å². The molecule has 1 aliphatic carbocycles.